The molecule has 3 heteroatoms. The molecule has 1 atom stereocenters. The predicted octanol–water partition coefficient (Wildman–Crippen LogP) is 4.73. The van der Waals surface area contributed by atoms with Gasteiger partial charge < -0.3 is 4.90 Å². The van der Waals surface area contributed by atoms with E-state index in [0.29, 0.717) is 0 Å². The number of amides is 1. The van der Waals surface area contributed by atoms with Crippen LogP contribution in [0.4, 0.5) is 5.69 Å². The van der Waals surface area contributed by atoms with Gasteiger partial charge in [0, 0.05) is 23.5 Å². The van der Waals surface area contributed by atoms with E-state index in [1.807, 2.05) is 65.6 Å². The van der Waals surface area contributed by atoms with Gasteiger partial charge >= 0.3 is 0 Å². The lowest BCUT2D eigenvalue weighted by Crippen LogP contribution is -2.29. The van der Waals surface area contributed by atoms with Crippen molar-refractivity contribution in [2.45, 2.75) is 13.0 Å². The maximum Gasteiger partial charge on any atom is 0.259 e. The molecule has 0 saturated carbocycles. The number of pyridine rings is 1. The van der Waals surface area contributed by atoms with Gasteiger partial charge in [-0.3, -0.25) is 9.78 Å². The Morgan fingerprint density at radius 3 is 2.36 bits per heavy atom. The van der Waals surface area contributed by atoms with Gasteiger partial charge in [-0.1, -0.05) is 48.5 Å². The number of anilines is 1. The minimum absolute atomic E-state index is 0.0295. The fraction of sp³-hybridized carbons (Fsp3) is 0.0909. The van der Waals surface area contributed by atoms with Crippen molar-refractivity contribution in [1.82, 2.24) is 4.98 Å². The Labute approximate surface area is 147 Å². The molecule has 1 aliphatic rings. The standard InChI is InChI=1S/C22H18N2O/c1-16(18-7-3-2-4-8-18)24-21-10-6-5-9-19(21)20(22(24)25)15-17-11-13-23-14-12-17/h2-16H,1H3/b20-15-. The molecular weight excluding hydrogens is 308 g/mol. The SMILES string of the molecule is CC(c1ccccc1)N1C(=O)/C(=C\c2ccncc2)c2ccccc21. The fourth-order valence-corrected chi connectivity index (χ4v) is 3.30. The van der Waals surface area contributed by atoms with Crippen molar-refractivity contribution in [3.8, 4) is 0 Å². The minimum Gasteiger partial charge on any atom is -0.301 e. The summed E-state index contributed by atoms with van der Waals surface area (Å²) in [5, 5.41) is 0. The molecule has 4 rings (SSSR count). The number of fused-ring (bicyclic) bond motifs is 1. The van der Waals surface area contributed by atoms with Crippen LogP contribution in [0.25, 0.3) is 11.6 Å². The average Bonchev–Trinajstić information content (AvgIpc) is 2.95. The van der Waals surface area contributed by atoms with Gasteiger partial charge in [-0.15, -0.1) is 0 Å². The lowest BCUT2D eigenvalue weighted by atomic mass is 10.0. The van der Waals surface area contributed by atoms with E-state index in [2.05, 4.69) is 24.0 Å². The molecule has 0 fully saturated rings. The van der Waals surface area contributed by atoms with Gasteiger partial charge in [0.25, 0.3) is 5.91 Å². The summed E-state index contributed by atoms with van der Waals surface area (Å²) in [5.74, 6) is 0.0364. The third kappa shape index (κ3) is 2.74. The van der Waals surface area contributed by atoms with E-state index in [9.17, 15) is 4.79 Å². The predicted molar refractivity (Wildman–Crippen MR) is 101 cm³/mol. The first-order valence-electron chi connectivity index (χ1n) is 8.35. The highest BCUT2D eigenvalue weighted by Gasteiger charge is 2.35. The summed E-state index contributed by atoms with van der Waals surface area (Å²) >= 11 is 0. The molecule has 3 nitrogen and oxygen atoms in total. The van der Waals surface area contributed by atoms with Gasteiger partial charge in [-0.25, -0.2) is 0 Å². The third-order valence-corrected chi connectivity index (χ3v) is 4.59. The zero-order valence-electron chi connectivity index (χ0n) is 14.0. The first-order chi connectivity index (χ1) is 12.3. The van der Waals surface area contributed by atoms with E-state index < -0.39 is 0 Å². The monoisotopic (exact) mass is 326 g/mol. The minimum atomic E-state index is -0.0295. The lowest BCUT2D eigenvalue weighted by Gasteiger charge is -2.25. The van der Waals surface area contributed by atoms with Crippen LogP contribution in [0.5, 0.6) is 0 Å². The van der Waals surface area contributed by atoms with E-state index in [0.717, 1.165) is 28.0 Å². The highest BCUT2D eigenvalue weighted by molar-refractivity contribution is 6.36. The van der Waals surface area contributed by atoms with Crippen LogP contribution >= 0.6 is 0 Å². The van der Waals surface area contributed by atoms with E-state index in [1.54, 1.807) is 12.4 Å². The number of aromatic nitrogens is 1. The van der Waals surface area contributed by atoms with Gasteiger partial charge in [0.1, 0.15) is 0 Å². The third-order valence-electron chi connectivity index (χ3n) is 4.59. The largest absolute Gasteiger partial charge is 0.301 e. The first-order valence-corrected chi connectivity index (χ1v) is 8.35. The normalized spacial score (nSPS) is 16.1. The van der Waals surface area contributed by atoms with Crippen LogP contribution in [-0.4, -0.2) is 10.9 Å². The van der Waals surface area contributed by atoms with E-state index >= 15 is 0 Å². The Kier molecular flexibility index (Phi) is 3.90. The van der Waals surface area contributed by atoms with Crippen molar-refractivity contribution < 1.29 is 4.79 Å². The molecule has 0 aliphatic carbocycles. The summed E-state index contributed by atoms with van der Waals surface area (Å²) in [6.45, 7) is 2.07. The van der Waals surface area contributed by atoms with Gasteiger partial charge in [-0.2, -0.15) is 0 Å². The second-order valence-electron chi connectivity index (χ2n) is 6.12. The Morgan fingerprint density at radius 1 is 0.920 bits per heavy atom. The van der Waals surface area contributed by atoms with Crippen LogP contribution in [0.15, 0.2) is 79.1 Å². The Bertz CT molecular complexity index is 933. The van der Waals surface area contributed by atoms with Gasteiger partial charge in [0.15, 0.2) is 0 Å². The van der Waals surface area contributed by atoms with Crippen molar-refractivity contribution in [1.29, 1.82) is 0 Å². The molecule has 0 radical (unpaired) electrons. The van der Waals surface area contributed by atoms with Crippen molar-refractivity contribution in [3.63, 3.8) is 0 Å². The molecule has 3 aromatic rings. The van der Waals surface area contributed by atoms with Crippen LogP contribution in [0.2, 0.25) is 0 Å². The number of carbonyl (C=O) groups is 1. The van der Waals surface area contributed by atoms with Gasteiger partial charge in [0.2, 0.25) is 0 Å². The average molecular weight is 326 g/mol. The summed E-state index contributed by atoms with van der Waals surface area (Å²) in [6, 6.07) is 21.9. The van der Waals surface area contributed by atoms with Crippen molar-refractivity contribution in [2.24, 2.45) is 0 Å². The molecule has 1 unspecified atom stereocenters. The van der Waals surface area contributed by atoms with Crippen molar-refractivity contribution >= 4 is 23.2 Å². The molecular formula is C22H18N2O. The number of benzene rings is 2. The van der Waals surface area contributed by atoms with E-state index in [1.165, 1.54) is 0 Å². The zero-order chi connectivity index (χ0) is 17.2. The molecule has 2 aromatic carbocycles. The highest BCUT2D eigenvalue weighted by Crippen LogP contribution is 2.42. The zero-order valence-corrected chi connectivity index (χ0v) is 14.0. The second kappa shape index (κ2) is 6.36. The van der Waals surface area contributed by atoms with Crippen LogP contribution in [0.3, 0.4) is 0 Å². The fourth-order valence-electron chi connectivity index (χ4n) is 3.30. The number of hydrogen-bond donors (Lipinski definition) is 0. The molecule has 1 amide bonds. The lowest BCUT2D eigenvalue weighted by molar-refractivity contribution is -0.113. The second-order valence-corrected chi connectivity index (χ2v) is 6.12. The highest BCUT2D eigenvalue weighted by atomic mass is 16.2. The summed E-state index contributed by atoms with van der Waals surface area (Å²) < 4.78 is 0. The maximum absolute atomic E-state index is 13.2. The quantitative estimate of drug-likeness (QED) is 0.652. The number of para-hydroxylation sites is 1. The topological polar surface area (TPSA) is 33.2 Å². The Hall–Kier alpha value is -3.20. The molecule has 0 N–H and O–H groups in total. The Balaban J connectivity index is 1.81. The van der Waals surface area contributed by atoms with Crippen molar-refractivity contribution in [3.05, 3.63) is 95.8 Å². The number of hydrogen-bond acceptors (Lipinski definition) is 2. The molecule has 1 aliphatic heterocycles. The molecule has 0 bridgehead atoms. The molecule has 0 saturated heterocycles. The van der Waals surface area contributed by atoms with E-state index in [-0.39, 0.29) is 11.9 Å². The first kappa shape index (κ1) is 15.3. The molecule has 0 spiro atoms. The molecule has 122 valence electrons. The molecule has 2 heterocycles. The molecule has 25 heavy (non-hydrogen) atoms. The number of rotatable bonds is 3. The molecule has 1 aromatic heterocycles. The smallest absolute Gasteiger partial charge is 0.259 e. The number of carbonyl (C=O) groups excluding carboxylic acids is 1. The summed E-state index contributed by atoms with van der Waals surface area (Å²) in [7, 11) is 0. The van der Waals surface area contributed by atoms with Crippen molar-refractivity contribution in [2.75, 3.05) is 4.90 Å². The number of nitrogens with zero attached hydrogens (tertiary/aromatic N) is 2. The van der Waals surface area contributed by atoms with Gasteiger partial charge in [-0.05, 0) is 42.3 Å². The van der Waals surface area contributed by atoms with Crippen LogP contribution in [0, 0.1) is 0 Å². The summed E-state index contributed by atoms with van der Waals surface area (Å²) in [4.78, 5) is 19.2. The van der Waals surface area contributed by atoms with Crippen LogP contribution < -0.4 is 4.90 Å². The van der Waals surface area contributed by atoms with Gasteiger partial charge in [0.05, 0.1) is 11.7 Å². The van der Waals surface area contributed by atoms with Crippen LogP contribution in [0.1, 0.15) is 29.7 Å². The van der Waals surface area contributed by atoms with E-state index in [4.69, 9.17) is 0 Å². The summed E-state index contributed by atoms with van der Waals surface area (Å²) in [5.41, 5.74) is 4.76. The Morgan fingerprint density at radius 2 is 1.60 bits per heavy atom. The maximum atomic E-state index is 13.2. The summed E-state index contributed by atoms with van der Waals surface area (Å²) in [6.07, 6.45) is 5.42. The van der Waals surface area contributed by atoms with Crippen LogP contribution in [-0.2, 0) is 4.79 Å².